The summed E-state index contributed by atoms with van der Waals surface area (Å²) >= 11 is 6.77. The topological polar surface area (TPSA) is 101 Å². The number of ether oxygens (including phenoxy) is 1. The number of aromatic nitrogens is 1. The summed E-state index contributed by atoms with van der Waals surface area (Å²) in [4.78, 5) is 17.1. The van der Waals surface area contributed by atoms with Crippen LogP contribution < -0.4 is 10.0 Å². The van der Waals surface area contributed by atoms with Gasteiger partial charge < -0.3 is 15.0 Å². The standard InChI is InChI=1S/C23H31ClF2N4O4S2/c1-23(2,3)34-22(31)30(4)15(9-14-7-5-6-8-14)12-27-18-11-17(25)19(10-16(18)24)36(32,33)29-21-28-13-20(26)35-21/h10-11,13-15,27H,5-9,12H2,1-4H3,(H,28,29)/t15-/m1/s1. The fourth-order valence-corrected chi connectivity index (χ4v) is 6.23. The number of halogens is 3. The van der Waals surface area contributed by atoms with Gasteiger partial charge in [0.2, 0.25) is 0 Å². The molecule has 1 aromatic heterocycles. The molecule has 1 amide bonds. The number of carbonyl (C=O) groups is 1. The van der Waals surface area contributed by atoms with Crippen LogP contribution in [0.15, 0.2) is 23.2 Å². The number of carbonyl (C=O) groups excluding carboxylic acids is 1. The third-order valence-corrected chi connectivity index (χ3v) is 8.34. The molecule has 1 aliphatic carbocycles. The number of hydrogen-bond acceptors (Lipinski definition) is 7. The van der Waals surface area contributed by atoms with E-state index in [1.165, 1.54) is 4.90 Å². The normalized spacial score (nSPS) is 15.5. The highest BCUT2D eigenvalue weighted by Gasteiger charge is 2.29. The summed E-state index contributed by atoms with van der Waals surface area (Å²) in [5, 5.41) is 2.12. The highest BCUT2D eigenvalue weighted by atomic mass is 35.5. The Morgan fingerprint density at radius 1 is 1.31 bits per heavy atom. The number of thiazole rings is 1. The van der Waals surface area contributed by atoms with Gasteiger partial charge in [-0.1, -0.05) is 48.6 Å². The molecule has 2 aromatic rings. The molecular formula is C23H31ClF2N4O4S2. The van der Waals surface area contributed by atoms with Crippen molar-refractivity contribution in [2.45, 2.75) is 69.4 Å². The molecule has 1 heterocycles. The Morgan fingerprint density at radius 2 is 1.97 bits per heavy atom. The maximum absolute atomic E-state index is 14.9. The van der Waals surface area contributed by atoms with Crippen molar-refractivity contribution in [3.8, 4) is 0 Å². The molecule has 13 heteroatoms. The van der Waals surface area contributed by atoms with Crippen LogP contribution in [0.3, 0.4) is 0 Å². The van der Waals surface area contributed by atoms with Crippen molar-refractivity contribution in [3.63, 3.8) is 0 Å². The lowest BCUT2D eigenvalue weighted by Gasteiger charge is -2.32. The lowest BCUT2D eigenvalue weighted by atomic mass is 9.97. The molecule has 200 valence electrons. The number of benzene rings is 1. The molecule has 0 spiro atoms. The van der Waals surface area contributed by atoms with Gasteiger partial charge in [0.25, 0.3) is 10.0 Å². The number of amides is 1. The zero-order valence-electron chi connectivity index (χ0n) is 20.6. The Labute approximate surface area is 219 Å². The summed E-state index contributed by atoms with van der Waals surface area (Å²) in [5.74, 6) is -0.581. The summed E-state index contributed by atoms with van der Waals surface area (Å²) in [7, 11) is -2.72. The first-order chi connectivity index (χ1) is 16.7. The van der Waals surface area contributed by atoms with Gasteiger partial charge in [-0.15, -0.1) is 0 Å². The number of nitrogens with zero attached hydrogens (tertiary/aromatic N) is 2. The predicted molar refractivity (Wildman–Crippen MR) is 137 cm³/mol. The number of likely N-dealkylation sites (N-methyl/N-ethyl adjacent to an activating group) is 1. The second-order valence-electron chi connectivity index (χ2n) is 9.85. The van der Waals surface area contributed by atoms with Crippen LogP contribution in [0, 0.1) is 16.9 Å². The first-order valence-corrected chi connectivity index (χ1v) is 14.3. The van der Waals surface area contributed by atoms with Crippen LogP contribution in [0.1, 0.15) is 52.9 Å². The second kappa shape index (κ2) is 11.5. The Balaban J connectivity index is 1.76. The van der Waals surface area contributed by atoms with Gasteiger partial charge >= 0.3 is 6.09 Å². The van der Waals surface area contributed by atoms with Crippen LogP contribution in [0.2, 0.25) is 5.02 Å². The zero-order chi connectivity index (χ0) is 26.7. The zero-order valence-corrected chi connectivity index (χ0v) is 23.0. The van der Waals surface area contributed by atoms with Crippen molar-refractivity contribution in [1.29, 1.82) is 0 Å². The molecule has 0 radical (unpaired) electrons. The molecule has 3 rings (SSSR count). The third-order valence-electron chi connectivity index (χ3n) is 5.85. The van der Waals surface area contributed by atoms with Crippen LogP contribution >= 0.6 is 22.9 Å². The molecule has 8 nitrogen and oxygen atoms in total. The maximum atomic E-state index is 14.9. The van der Waals surface area contributed by atoms with Gasteiger partial charge in [0.05, 0.1) is 22.9 Å². The van der Waals surface area contributed by atoms with Crippen molar-refractivity contribution in [1.82, 2.24) is 9.88 Å². The monoisotopic (exact) mass is 564 g/mol. The number of rotatable bonds is 9. The van der Waals surface area contributed by atoms with Crippen molar-refractivity contribution in [3.05, 3.63) is 34.3 Å². The van der Waals surface area contributed by atoms with E-state index in [0.29, 0.717) is 17.3 Å². The molecule has 1 fully saturated rings. The lowest BCUT2D eigenvalue weighted by molar-refractivity contribution is 0.0212. The van der Waals surface area contributed by atoms with E-state index in [1.54, 1.807) is 27.8 Å². The van der Waals surface area contributed by atoms with Crippen LogP contribution in [0.5, 0.6) is 0 Å². The summed E-state index contributed by atoms with van der Waals surface area (Å²) in [5.41, 5.74) is -0.467. The molecule has 1 aromatic carbocycles. The largest absolute Gasteiger partial charge is 0.444 e. The average molecular weight is 565 g/mol. The minimum Gasteiger partial charge on any atom is -0.444 e. The molecule has 2 N–H and O–H groups in total. The number of nitrogens with one attached hydrogen (secondary N) is 2. The van der Waals surface area contributed by atoms with E-state index in [0.717, 1.165) is 50.4 Å². The molecule has 0 bridgehead atoms. The van der Waals surface area contributed by atoms with Gasteiger partial charge in [0.1, 0.15) is 16.3 Å². The predicted octanol–water partition coefficient (Wildman–Crippen LogP) is 6.10. The average Bonchev–Trinajstić information content (AvgIpc) is 3.42. The van der Waals surface area contributed by atoms with Crippen molar-refractivity contribution in [2.75, 3.05) is 23.6 Å². The summed E-state index contributed by atoms with van der Waals surface area (Å²) in [6.45, 7) is 5.64. The molecular weight excluding hydrogens is 534 g/mol. The quantitative estimate of drug-likeness (QED) is 0.381. The van der Waals surface area contributed by atoms with Crippen molar-refractivity contribution < 1.29 is 26.7 Å². The van der Waals surface area contributed by atoms with Crippen LogP contribution in [0.25, 0.3) is 0 Å². The fraction of sp³-hybridized carbons (Fsp3) is 0.565. The Morgan fingerprint density at radius 3 is 2.56 bits per heavy atom. The summed E-state index contributed by atoms with van der Waals surface area (Å²) in [6, 6.07) is 1.71. The fourth-order valence-electron chi connectivity index (χ4n) is 4.06. The number of hydrogen-bond donors (Lipinski definition) is 2. The van der Waals surface area contributed by atoms with Gasteiger partial charge in [-0.05, 0) is 45.2 Å². The molecule has 36 heavy (non-hydrogen) atoms. The van der Waals surface area contributed by atoms with E-state index in [2.05, 4.69) is 10.3 Å². The molecule has 0 unspecified atom stereocenters. The Bertz CT molecular complexity index is 1180. The van der Waals surface area contributed by atoms with E-state index >= 15 is 0 Å². The van der Waals surface area contributed by atoms with E-state index < -0.39 is 37.6 Å². The highest BCUT2D eigenvalue weighted by Crippen LogP contribution is 2.32. The van der Waals surface area contributed by atoms with E-state index in [9.17, 15) is 22.0 Å². The van der Waals surface area contributed by atoms with Crippen molar-refractivity contribution >= 4 is 49.9 Å². The van der Waals surface area contributed by atoms with E-state index in [-0.39, 0.29) is 28.4 Å². The highest BCUT2D eigenvalue weighted by molar-refractivity contribution is 7.93. The smallest absolute Gasteiger partial charge is 0.410 e. The molecule has 0 saturated heterocycles. The van der Waals surface area contributed by atoms with Gasteiger partial charge in [0.15, 0.2) is 10.3 Å². The first-order valence-electron chi connectivity index (χ1n) is 11.6. The van der Waals surface area contributed by atoms with E-state index in [4.69, 9.17) is 16.3 Å². The lowest BCUT2D eigenvalue weighted by Crippen LogP contribution is -2.44. The molecule has 1 atom stereocenters. The van der Waals surface area contributed by atoms with Crippen LogP contribution in [-0.2, 0) is 14.8 Å². The molecule has 1 aliphatic rings. The Hall–Kier alpha value is -2.18. The van der Waals surface area contributed by atoms with Gasteiger partial charge in [-0.2, -0.15) is 4.39 Å². The van der Waals surface area contributed by atoms with Gasteiger partial charge in [-0.25, -0.2) is 22.6 Å². The minimum atomic E-state index is -4.38. The van der Waals surface area contributed by atoms with Gasteiger partial charge in [0, 0.05) is 13.6 Å². The van der Waals surface area contributed by atoms with Crippen LogP contribution in [-0.4, -0.2) is 49.6 Å². The minimum absolute atomic E-state index is 0.0263. The SMILES string of the molecule is CN(C(=O)OC(C)(C)C)[C@@H](CNc1cc(F)c(S(=O)(=O)Nc2ncc(F)s2)cc1Cl)CC1CCCC1. The molecule has 0 aliphatic heterocycles. The van der Waals surface area contributed by atoms with E-state index in [1.807, 2.05) is 4.72 Å². The number of sulfonamides is 1. The molecule has 1 saturated carbocycles. The van der Waals surface area contributed by atoms with Crippen molar-refractivity contribution in [2.24, 2.45) is 5.92 Å². The third kappa shape index (κ3) is 7.66. The Kier molecular flexibility index (Phi) is 9.05. The number of anilines is 2. The first kappa shape index (κ1) is 28.4. The summed E-state index contributed by atoms with van der Waals surface area (Å²) < 4.78 is 60.8. The second-order valence-corrected chi connectivity index (χ2v) is 12.9. The maximum Gasteiger partial charge on any atom is 0.410 e. The van der Waals surface area contributed by atoms with Gasteiger partial charge in [-0.3, -0.25) is 4.72 Å². The van der Waals surface area contributed by atoms with Crippen LogP contribution in [0.4, 0.5) is 24.4 Å². The summed E-state index contributed by atoms with van der Waals surface area (Å²) in [6.07, 6.45) is 5.59.